The molecule has 0 rings (SSSR count). The summed E-state index contributed by atoms with van der Waals surface area (Å²) in [5.74, 6) is -1.02. The van der Waals surface area contributed by atoms with Crippen molar-refractivity contribution >= 4 is 17.9 Å². The first kappa shape index (κ1) is 63.1. The fourth-order valence-corrected chi connectivity index (χ4v) is 7.13. The number of allylic oxidation sites excluding steroid dienone is 18. The topological polar surface area (TPSA) is 78.9 Å². The second-order valence-electron chi connectivity index (χ2n) is 17.7. The lowest BCUT2D eigenvalue weighted by Crippen LogP contribution is -2.30. The number of hydrogen-bond donors (Lipinski definition) is 0. The van der Waals surface area contributed by atoms with Gasteiger partial charge in [-0.1, -0.05) is 220 Å². The Morgan fingerprint density at radius 3 is 1.06 bits per heavy atom. The Kier molecular flexibility index (Phi) is 51.5. The molecule has 0 bridgehead atoms. The fraction of sp³-hybridized carbons (Fsp3) is 0.656. The van der Waals surface area contributed by atoms with Crippen LogP contribution in [0.1, 0.15) is 239 Å². The van der Waals surface area contributed by atoms with Crippen LogP contribution in [0.25, 0.3) is 0 Å². The van der Waals surface area contributed by atoms with Gasteiger partial charge in [0.15, 0.2) is 6.10 Å². The third-order valence-electron chi connectivity index (χ3n) is 11.2. The van der Waals surface area contributed by atoms with Crippen LogP contribution in [-0.4, -0.2) is 37.2 Å². The molecular weight excluding hydrogens is 829 g/mol. The van der Waals surface area contributed by atoms with E-state index in [0.717, 1.165) is 116 Å². The van der Waals surface area contributed by atoms with E-state index in [1.165, 1.54) is 77.0 Å². The van der Waals surface area contributed by atoms with E-state index in [4.69, 9.17) is 14.2 Å². The Labute approximate surface area is 412 Å². The lowest BCUT2D eigenvalue weighted by atomic mass is 10.1. The Balaban J connectivity index is 4.54. The average Bonchev–Trinajstić information content (AvgIpc) is 3.33. The summed E-state index contributed by atoms with van der Waals surface area (Å²) in [6.07, 6.45) is 73.7. The normalized spacial score (nSPS) is 12.9. The van der Waals surface area contributed by atoms with Crippen LogP contribution in [0.2, 0.25) is 0 Å². The van der Waals surface area contributed by atoms with Gasteiger partial charge < -0.3 is 14.2 Å². The molecule has 0 aliphatic heterocycles. The lowest BCUT2D eigenvalue weighted by molar-refractivity contribution is -0.166. The quantitative estimate of drug-likeness (QED) is 0.0262. The summed E-state index contributed by atoms with van der Waals surface area (Å²) in [4.78, 5) is 38.0. The van der Waals surface area contributed by atoms with Crippen LogP contribution >= 0.6 is 0 Å². The smallest absolute Gasteiger partial charge is 0.306 e. The largest absolute Gasteiger partial charge is 0.462 e. The minimum Gasteiger partial charge on any atom is -0.462 e. The molecular formula is C61H100O6. The molecule has 0 aromatic carbocycles. The molecule has 0 aliphatic carbocycles. The molecule has 1 unspecified atom stereocenters. The Morgan fingerprint density at radius 1 is 0.313 bits per heavy atom. The standard InChI is InChI=1S/C61H100O6/c1-4-7-10-13-16-19-22-25-28-30-31-32-34-36-39-42-45-48-51-54-60(63)66-57-58(56-65-59(62)53-50-47-44-41-38-35-27-24-21-18-15-12-9-6-3)67-61(64)55-52-49-46-43-40-37-33-29-26-23-20-17-14-11-8-5-2/h7,10,15-16,18-19,24-25,27-29,31-33,36,39,45,48,58H,4-6,8-9,11-14,17,20-23,26,30,34-35,37-38,40-44,46-47,49-57H2,1-3H3/b10-7-,18-15-,19-16-,27-24-,28-25-,32-31-,33-29-,39-36-,48-45-. The van der Waals surface area contributed by atoms with Crippen LogP contribution in [0.5, 0.6) is 0 Å². The first-order valence-electron chi connectivity index (χ1n) is 27.4. The zero-order chi connectivity index (χ0) is 48.6. The number of rotatable bonds is 48. The molecule has 380 valence electrons. The molecule has 0 N–H and O–H groups in total. The van der Waals surface area contributed by atoms with Crippen LogP contribution in [0.3, 0.4) is 0 Å². The van der Waals surface area contributed by atoms with Gasteiger partial charge in [-0.2, -0.15) is 0 Å². The highest BCUT2D eigenvalue weighted by molar-refractivity contribution is 5.71. The van der Waals surface area contributed by atoms with E-state index in [0.29, 0.717) is 19.3 Å². The zero-order valence-corrected chi connectivity index (χ0v) is 43.4. The maximum absolute atomic E-state index is 12.8. The summed E-state index contributed by atoms with van der Waals surface area (Å²) in [6.45, 7) is 6.39. The highest BCUT2D eigenvalue weighted by atomic mass is 16.6. The first-order chi connectivity index (χ1) is 33.0. The van der Waals surface area contributed by atoms with Crippen molar-refractivity contribution in [3.63, 3.8) is 0 Å². The summed E-state index contributed by atoms with van der Waals surface area (Å²) < 4.78 is 16.7. The maximum atomic E-state index is 12.8. The fourth-order valence-electron chi connectivity index (χ4n) is 7.13. The Hall–Kier alpha value is -3.93. The third-order valence-corrected chi connectivity index (χ3v) is 11.2. The summed E-state index contributed by atoms with van der Waals surface area (Å²) in [5.41, 5.74) is 0. The first-order valence-corrected chi connectivity index (χ1v) is 27.4. The maximum Gasteiger partial charge on any atom is 0.306 e. The van der Waals surface area contributed by atoms with Gasteiger partial charge in [-0.3, -0.25) is 14.4 Å². The molecule has 0 heterocycles. The predicted molar refractivity (Wildman–Crippen MR) is 288 cm³/mol. The van der Waals surface area contributed by atoms with E-state index >= 15 is 0 Å². The van der Waals surface area contributed by atoms with E-state index in [1.54, 1.807) is 0 Å². The highest BCUT2D eigenvalue weighted by Gasteiger charge is 2.19. The Morgan fingerprint density at radius 2 is 0.627 bits per heavy atom. The van der Waals surface area contributed by atoms with Gasteiger partial charge in [0.05, 0.1) is 0 Å². The van der Waals surface area contributed by atoms with E-state index in [2.05, 4.69) is 124 Å². The van der Waals surface area contributed by atoms with Crippen molar-refractivity contribution < 1.29 is 28.6 Å². The molecule has 6 heteroatoms. The van der Waals surface area contributed by atoms with Crippen LogP contribution in [-0.2, 0) is 28.6 Å². The van der Waals surface area contributed by atoms with Gasteiger partial charge in [0, 0.05) is 19.3 Å². The van der Waals surface area contributed by atoms with E-state index in [-0.39, 0.29) is 37.5 Å². The summed E-state index contributed by atoms with van der Waals surface area (Å²) in [6, 6.07) is 0. The summed E-state index contributed by atoms with van der Waals surface area (Å²) in [5, 5.41) is 0. The van der Waals surface area contributed by atoms with Crippen molar-refractivity contribution in [2.24, 2.45) is 0 Å². The van der Waals surface area contributed by atoms with Crippen LogP contribution < -0.4 is 0 Å². The van der Waals surface area contributed by atoms with E-state index in [9.17, 15) is 14.4 Å². The molecule has 0 spiro atoms. The number of hydrogen-bond acceptors (Lipinski definition) is 6. The van der Waals surface area contributed by atoms with E-state index < -0.39 is 6.10 Å². The highest BCUT2D eigenvalue weighted by Crippen LogP contribution is 2.13. The molecule has 0 fully saturated rings. The van der Waals surface area contributed by atoms with Crippen molar-refractivity contribution in [1.29, 1.82) is 0 Å². The van der Waals surface area contributed by atoms with E-state index in [1.807, 2.05) is 6.08 Å². The minimum absolute atomic E-state index is 0.113. The van der Waals surface area contributed by atoms with Crippen molar-refractivity contribution in [3.8, 4) is 0 Å². The van der Waals surface area contributed by atoms with Gasteiger partial charge in [-0.05, 0) is 109 Å². The molecule has 1 atom stereocenters. The van der Waals surface area contributed by atoms with Gasteiger partial charge in [0.2, 0.25) is 0 Å². The zero-order valence-electron chi connectivity index (χ0n) is 43.4. The van der Waals surface area contributed by atoms with Crippen molar-refractivity contribution in [2.75, 3.05) is 13.2 Å². The third kappa shape index (κ3) is 52.9. The summed E-state index contributed by atoms with van der Waals surface area (Å²) >= 11 is 0. The number of carbonyl (C=O) groups is 3. The van der Waals surface area contributed by atoms with Crippen molar-refractivity contribution in [1.82, 2.24) is 0 Å². The van der Waals surface area contributed by atoms with Gasteiger partial charge >= 0.3 is 17.9 Å². The summed E-state index contributed by atoms with van der Waals surface area (Å²) in [7, 11) is 0. The number of unbranched alkanes of at least 4 members (excludes halogenated alkanes) is 19. The van der Waals surface area contributed by atoms with Gasteiger partial charge in [-0.15, -0.1) is 0 Å². The molecule has 0 aromatic rings. The molecule has 0 amide bonds. The second-order valence-corrected chi connectivity index (χ2v) is 17.7. The predicted octanol–water partition coefficient (Wildman–Crippen LogP) is 18.3. The van der Waals surface area contributed by atoms with Gasteiger partial charge in [0.25, 0.3) is 0 Å². The molecule has 6 nitrogen and oxygen atoms in total. The Bertz CT molecular complexity index is 1390. The lowest BCUT2D eigenvalue weighted by Gasteiger charge is -2.18. The van der Waals surface area contributed by atoms with Crippen molar-refractivity contribution in [3.05, 3.63) is 109 Å². The second kappa shape index (κ2) is 54.7. The van der Waals surface area contributed by atoms with Gasteiger partial charge in [0.1, 0.15) is 13.2 Å². The molecule has 0 saturated carbocycles. The SMILES string of the molecule is CC/C=C\C/C=C\C/C=C\C/C=C\C/C=C\C/C=C\CCC(=O)OCC(COC(=O)CCCCCCC/C=C\C/C=C\CCCC)OC(=O)CCCCCCC/C=C\CCCCCCCCC. The van der Waals surface area contributed by atoms with Gasteiger partial charge in [-0.25, -0.2) is 0 Å². The minimum atomic E-state index is -0.820. The molecule has 0 aromatic heterocycles. The average molecular weight is 929 g/mol. The van der Waals surface area contributed by atoms with Crippen LogP contribution in [0.4, 0.5) is 0 Å². The number of carbonyl (C=O) groups excluding carboxylic acids is 3. The molecule has 67 heavy (non-hydrogen) atoms. The monoisotopic (exact) mass is 929 g/mol. The number of ether oxygens (including phenoxy) is 3. The van der Waals surface area contributed by atoms with Crippen LogP contribution in [0, 0.1) is 0 Å². The van der Waals surface area contributed by atoms with Crippen molar-refractivity contribution in [2.45, 2.75) is 245 Å². The molecule has 0 saturated heterocycles. The molecule has 0 aliphatic rings. The molecule has 0 radical (unpaired) electrons. The number of esters is 3. The van der Waals surface area contributed by atoms with Crippen LogP contribution in [0.15, 0.2) is 109 Å².